The minimum atomic E-state index is 0.120. The molecule has 0 saturated carbocycles. The zero-order valence-electron chi connectivity index (χ0n) is 10.1. The summed E-state index contributed by atoms with van der Waals surface area (Å²) in [4.78, 5) is 12.2. The van der Waals surface area contributed by atoms with Gasteiger partial charge in [0.05, 0.1) is 0 Å². The van der Waals surface area contributed by atoms with Crippen molar-refractivity contribution in [1.29, 1.82) is 0 Å². The smallest absolute Gasteiger partial charge is 0.167 e. The topological polar surface area (TPSA) is 43.1 Å². The van der Waals surface area contributed by atoms with Gasteiger partial charge in [-0.15, -0.1) is 0 Å². The first-order valence-electron chi connectivity index (χ1n) is 5.70. The van der Waals surface area contributed by atoms with Crippen LogP contribution in [-0.4, -0.2) is 5.78 Å². The van der Waals surface area contributed by atoms with E-state index in [2.05, 4.69) is 15.9 Å². The summed E-state index contributed by atoms with van der Waals surface area (Å²) in [5, 5.41) is 0. The van der Waals surface area contributed by atoms with Crippen molar-refractivity contribution in [2.45, 2.75) is 13.3 Å². The van der Waals surface area contributed by atoms with Crippen LogP contribution < -0.4 is 5.73 Å². The molecule has 0 fully saturated rings. The van der Waals surface area contributed by atoms with E-state index in [1.807, 2.05) is 37.3 Å². The van der Waals surface area contributed by atoms with Gasteiger partial charge in [-0.1, -0.05) is 28.1 Å². The average Bonchev–Trinajstić information content (AvgIpc) is 2.32. The normalized spacial score (nSPS) is 10.3. The molecule has 2 N–H and O–H groups in total. The molecule has 0 aliphatic carbocycles. The average molecular weight is 304 g/mol. The summed E-state index contributed by atoms with van der Waals surface area (Å²) in [6.45, 7) is 1.91. The Hall–Kier alpha value is -1.61. The number of hydrogen-bond acceptors (Lipinski definition) is 2. The molecule has 0 heterocycles. The lowest BCUT2D eigenvalue weighted by molar-refractivity contribution is 0.0992. The standard InChI is InChI=1S/C15H14BrNO/c1-10-8-13(17)6-7-14(10)15(18)9-11-2-4-12(16)5-3-11/h2-8H,9,17H2,1H3. The molecule has 0 saturated heterocycles. The number of nitrogens with two attached hydrogens (primary N) is 1. The fourth-order valence-corrected chi connectivity index (χ4v) is 2.15. The molecule has 2 aromatic rings. The fraction of sp³-hybridized carbons (Fsp3) is 0.133. The van der Waals surface area contributed by atoms with Crippen LogP contribution in [0, 0.1) is 6.92 Å². The van der Waals surface area contributed by atoms with Gasteiger partial charge in [0, 0.05) is 22.1 Å². The van der Waals surface area contributed by atoms with Gasteiger partial charge in [0.15, 0.2) is 5.78 Å². The van der Waals surface area contributed by atoms with E-state index in [4.69, 9.17) is 5.73 Å². The van der Waals surface area contributed by atoms with Crippen molar-refractivity contribution >= 4 is 27.4 Å². The van der Waals surface area contributed by atoms with E-state index in [-0.39, 0.29) is 5.78 Å². The van der Waals surface area contributed by atoms with Crippen LogP contribution in [0.1, 0.15) is 21.5 Å². The number of ketones is 1. The maximum Gasteiger partial charge on any atom is 0.167 e. The molecule has 0 aromatic heterocycles. The number of hydrogen-bond donors (Lipinski definition) is 1. The van der Waals surface area contributed by atoms with E-state index in [0.717, 1.165) is 21.2 Å². The Morgan fingerprint density at radius 3 is 2.44 bits per heavy atom. The van der Waals surface area contributed by atoms with E-state index in [1.54, 1.807) is 12.1 Å². The molecule has 3 heteroatoms. The zero-order chi connectivity index (χ0) is 13.1. The Kier molecular flexibility index (Phi) is 3.82. The minimum Gasteiger partial charge on any atom is -0.399 e. The van der Waals surface area contributed by atoms with Crippen molar-refractivity contribution in [2.24, 2.45) is 0 Å². The van der Waals surface area contributed by atoms with Gasteiger partial charge in [0.1, 0.15) is 0 Å². The molecule has 0 spiro atoms. The van der Waals surface area contributed by atoms with Crippen molar-refractivity contribution in [3.05, 3.63) is 63.6 Å². The first-order valence-corrected chi connectivity index (χ1v) is 6.49. The molecule has 92 valence electrons. The highest BCUT2D eigenvalue weighted by atomic mass is 79.9. The zero-order valence-corrected chi connectivity index (χ0v) is 11.7. The maximum atomic E-state index is 12.2. The molecular weight excluding hydrogens is 290 g/mol. The second-order valence-corrected chi connectivity index (χ2v) is 5.22. The summed E-state index contributed by atoms with van der Waals surface area (Å²) in [6, 6.07) is 13.2. The molecule has 0 bridgehead atoms. The number of anilines is 1. The highest BCUT2D eigenvalue weighted by Gasteiger charge is 2.09. The third kappa shape index (κ3) is 2.99. The molecule has 2 nitrogen and oxygen atoms in total. The molecule has 18 heavy (non-hydrogen) atoms. The lowest BCUT2D eigenvalue weighted by atomic mass is 9.99. The molecule has 0 aliphatic rings. The second kappa shape index (κ2) is 5.36. The fourth-order valence-electron chi connectivity index (χ4n) is 1.88. The number of rotatable bonds is 3. The Bertz CT molecular complexity index is 576. The summed E-state index contributed by atoms with van der Waals surface area (Å²) in [5.41, 5.74) is 9.05. The number of aryl methyl sites for hydroxylation is 1. The van der Waals surface area contributed by atoms with E-state index >= 15 is 0 Å². The van der Waals surface area contributed by atoms with Crippen molar-refractivity contribution < 1.29 is 4.79 Å². The Labute approximate surface area is 115 Å². The van der Waals surface area contributed by atoms with E-state index in [0.29, 0.717) is 12.1 Å². The molecule has 0 unspecified atom stereocenters. The Morgan fingerprint density at radius 2 is 1.83 bits per heavy atom. The Morgan fingerprint density at radius 1 is 1.17 bits per heavy atom. The summed E-state index contributed by atoms with van der Waals surface area (Å²) in [7, 11) is 0. The van der Waals surface area contributed by atoms with E-state index < -0.39 is 0 Å². The van der Waals surface area contributed by atoms with Gasteiger partial charge in [-0.2, -0.15) is 0 Å². The van der Waals surface area contributed by atoms with Gasteiger partial charge >= 0.3 is 0 Å². The van der Waals surface area contributed by atoms with Gasteiger partial charge in [-0.25, -0.2) is 0 Å². The van der Waals surface area contributed by atoms with Crippen LogP contribution in [0.15, 0.2) is 46.9 Å². The van der Waals surface area contributed by atoms with Crippen LogP contribution in [-0.2, 0) is 6.42 Å². The van der Waals surface area contributed by atoms with Crippen molar-refractivity contribution in [2.75, 3.05) is 5.73 Å². The van der Waals surface area contributed by atoms with Gasteiger partial charge < -0.3 is 5.73 Å². The van der Waals surface area contributed by atoms with Crippen LogP contribution in [0.2, 0.25) is 0 Å². The third-order valence-electron chi connectivity index (χ3n) is 2.83. The SMILES string of the molecule is Cc1cc(N)ccc1C(=O)Cc1ccc(Br)cc1. The molecular formula is C15H14BrNO. The number of halogens is 1. The number of nitrogen functional groups attached to an aromatic ring is 1. The van der Waals surface area contributed by atoms with Crippen molar-refractivity contribution in [3.63, 3.8) is 0 Å². The highest BCUT2D eigenvalue weighted by Crippen LogP contribution is 2.16. The van der Waals surface area contributed by atoms with Gasteiger partial charge in [-0.3, -0.25) is 4.79 Å². The van der Waals surface area contributed by atoms with Gasteiger partial charge in [0.25, 0.3) is 0 Å². The second-order valence-electron chi connectivity index (χ2n) is 4.30. The number of carbonyl (C=O) groups is 1. The van der Waals surface area contributed by atoms with Gasteiger partial charge in [0.2, 0.25) is 0 Å². The predicted octanol–water partition coefficient (Wildman–Crippen LogP) is 3.77. The summed E-state index contributed by atoms with van der Waals surface area (Å²) in [5.74, 6) is 0.120. The third-order valence-corrected chi connectivity index (χ3v) is 3.36. The number of Topliss-reactive ketones (excluding diaryl/α,β-unsaturated/α-hetero) is 1. The lowest BCUT2D eigenvalue weighted by Crippen LogP contribution is -2.06. The predicted molar refractivity (Wildman–Crippen MR) is 77.8 cm³/mol. The summed E-state index contributed by atoms with van der Waals surface area (Å²) in [6.07, 6.45) is 0.415. The van der Waals surface area contributed by atoms with Crippen molar-refractivity contribution in [1.82, 2.24) is 0 Å². The first-order chi connectivity index (χ1) is 8.56. The Balaban J connectivity index is 2.19. The largest absolute Gasteiger partial charge is 0.399 e. The first kappa shape index (κ1) is 12.8. The summed E-state index contributed by atoms with van der Waals surface area (Å²) >= 11 is 3.38. The maximum absolute atomic E-state index is 12.2. The molecule has 2 aromatic carbocycles. The quantitative estimate of drug-likeness (QED) is 0.693. The lowest BCUT2D eigenvalue weighted by Gasteiger charge is -2.06. The number of carbonyl (C=O) groups excluding carboxylic acids is 1. The van der Waals surface area contributed by atoms with E-state index in [9.17, 15) is 4.79 Å². The number of benzene rings is 2. The van der Waals surface area contributed by atoms with Crippen LogP contribution in [0.5, 0.6) is 0 Å². The highest BCUT2D eigenvalue weighted by molar-refractivity contribution is 9.10. The van der Waals surface area contributed by atoms with Crippen molar-refractivity contribution in [3.8, 4) is 0 Å². The molecule has 0 radical (unpaired) electrons. The summed E-state index contributed by atoms with van der Waals surface area (Å²) < 4.78 is 1.02. The molecule has 2 rings (SSSR count). The van der Waals surface area contributed by atoms with E-state index in [1.165, 1.54) is 0 Å². The van der Waals surface area contributed by atoms with Crippen LogP contribution >= 0.6 is 15.9 Å². The van der Waals surface area contributed by atoms with Crippen LogP contribution in [0.25, 0.3) is 0 Å². The molecule has 0 aliphatic heterocycles. The van der Waals surface area contributed by atoms with Gasteiger partial charge in [-0.05, 0) is 48.4 Å². The van der Waals surface area contributed by atoms with Crippen LogP contribution in [0.3, 0.4) is 0 Å². The molecule has 0 atom stereocenters. The molecule has 0 amide bonds. The minimum absolute atomic E-state index is 0.120. The van der Waals surface area contributed by atoms with Crippen LogP contribution in [0.4, 0.5) is 5.69 Å². The monoisotopic (exact) mass is 303 g/mol.